The molecule has 1 fully saturated rings. The Balaban J connectivity index is 2.37. The lowest BCUT2D eigenvalue weighted by atomic mass is 10.0. The number of hydrogen-bond acceptors (Lipinski definition) is 3. The molecule has 0 radical (unpaired) electrons. The van der Waals surface area contributed by atoms with Gasteiger partial charge in [-0.3, -0.25) is 0 Å². The molecule has 0 bridgehead atoms. The molecule has 0 amide bonds. The lowest BCUT2D eigenvalue weighted by molar-refractivity contribution is 0.226. The summed E-state index contributed by atoms with van der Waals surface area (Å²) in [6.45, 7) is 5.36. The number of aliphatic hydroxyl groups is 1. The van der Waals surface area contributed by atoms with Crippen molar-refractivity contribution < 1.29 is 5.11 Å². The predicted octanol–water partition coefficient (Wildman–Crippen LogP) is 0.672. The third-order valence-electron chi connectivity index (χ3n) is 2.71. The van der Waals surface area contributed by atoms with Crippen molar-refractivity contribution in [3.05, 3.63) is 0 Å². The van der Waals surface area contributed by atoms with E-state index < -0.39 is 0 Å². The van der Waals surface area contributed by atoms with Gasteiger partial charge < -0.3 is 15.7 Å². The highest BCUT2D eigenvalue weighted by atomic mass is 32.1. The summed E-state index contributed by atoms with van der Waals surface area (Å²) in [5.74, 6) is 0.402. The third-order valence-corrected chi connectivity index (χ3v) is 3.11. The second kappa shape index (κ2) is 5.63. The number of nitrogens with one attached hydrogen (secondary N) is 2. The van der Waals surface area contributed by atoms with E-state index in [0.717, 1.165) is 18.0 Å². The SMILES string of the molecule is CC(C)[C@@H](CO)NC(=S)[C@@H]1CCCN1. The molecule has 14 heavy (non-hydrogen) atoms. The molecule has 82 valence electrons. The molecule has 1 rings (SSSR count). The molecule has 0 aromatic carbocycles. The quantitative estimate of drug-likeness (QED) is 0.605. The third kappa shape index (κ3) is 3.19. The van der Waals surface area contributed by atoms with Gasteiger partial charge in [-0.25, -0.2) is 0 Å². The van der Waals surface area contributed by atoms with Crippen molar-refractivity contribution in [2.24, 2.45) is 5.92 Å². The van der Waals surface area contributed by atoms with E-state index in [2.05, 4.69) is 24.5 Å². The van der Waals surface area contributed by atoms with Crippen LogP contribution in [0.5, 0.6) is 0 Å². The molecule has 2 atom stereocenters. The van der Waals surface area contributed by atoms with Crippen LogP contribution < -0.4 is 10.6 Å². The van der Waals surface area contributed by atoms with Crippen LogP contribution in [0.1, 0.15) is 26.7 Å². The first-order chi connectivity index (χ1) is 6.65. The van der Waals surface area contributed by atoms with Gasteiger partial charge in [0.15, 0.2) is 0 Å². The second-order valence-electron chi connectivity index (χ2n) is 4.19. The minimum atomic E-state index is 0.0879. The second-order valence-corrected chi connectivity index (χ2v) is 4.63. The van der Waals surface area contributed by atoms with Gasteiger partial charge in [-0.2, -0.15) is 0 Å². The first-order valence-electron chi connectivity index (χ1n) is 5.29. The van der Waals surface area contributed by atoms with Crippen molar-refractivity contribution >= 4 is 17.2 Å². The van der Waals surface area contributed by atoms with Crippen molar-refractivity contribution in [1.82, 2.24) is 10.6 Å². The zero-order chi connectivity index (χ0) is 10.6. The largest absolute Gasteiger partial charge is 0.394 e. The summed E-state index contributed by atoms with van der Waals surface area (Å²) in [4.78, 5) is 0.857. The fraction of sp³-hybridized carbons (Fsp3) is 0.900. The van der Waals surface area contributed by atoms with E-state index in [0.29, 0.717) is 12.0 Å². The van der Waals surface area contributed by atoms with Gasteiger partial charge in [-0.1, -0.05) is 26.1 Å². The van der Waals surface area contributed by atoms with Crippen LogP contribution in [0.2, 0.25) is 0 Å². The maximum absolute atomic E-state index is 9.15. The highest BCUT2D eigenvalue weighted by Crippen LogP contribution is 2.08. The van der Waals surface area contributed by atoms with Gasteiger partial charge in [-0.15, -0.1) is 0 Å². The Morgan fingerprint density at radius 1 is 1.64 bits per heavy atom. The number of hydrogen-bond donors (Lipinski definition) is 3. The van der Waals surface area contributed by atoms with Crippen LogP contribution in [-0.2, 0) is 0 Å². The Labute approximate surface area is 91.3 Å². The number of aliphatic hydroxyl groups excluding tert-OH is 1. The van der Waals surface area contributed by atoms with E-state index >= 15 is 0 Å². The average Bonchev–Trinajstić information content (AvgIpc) is 2.65. The lowest BCUT2D eigenvalue weighted by Crippen LogP contribution is -2.47. The standard InChI is InChI=1S/C10H20N2OS/c1-7(2)9(6-13)12-10(14)8-4-3-5-11-8/h7-9,11,13H,3-6H2,1-2H3,(H,12,14)/t8-,9+/m0/s1. The minimum Gasteiger partial charge on any atom is -0.394 e. The van der Waals surface area contributed by atoms with Crippen LogP contribution in [0.15, 0.2) is 0 Å². The van der Waals surface area contributed by atoms with E-state index in [4.69, 9.17) is 17.3 Å². The van der Waals surface area contributed by atoms with Gasteiger partial charge >= 0.3 is 0 Å². The molecule has 0 aromatic rings. The molecule has 0 unspecified atom stereocenters. The zero-order valence-electron chi connectivity index (χ0n) is 8.92. The topological polar surface area (TPSA) is 44.3 Å². The summed E-state index contributed by atoms with van der Waals surface area (Å²) >= 11 is 5.29. The van der Waals surface area contributed by atoms with Crippen LogP contribution in [0, 0.1) is 5.92 Å². The van der Waals surface area contributed by atoms with Crippen LogP contribution in [-0.4, -0.2) is 35.3 Å². The smallest absolute Gasteiger partial charge is 0.0928 e. The molecule has 0 aliphatic carbocycles. The van der Waals surface area contributed by atoms with Crippen LogP contribution in [0.25, 0.3) is 0 Å². The summed E-state index contributed by atoms with van der Waals surface area (Å²) < 4.78 is 0. The van der Waals surface area contributed by atoms with E-state index in [1.54, 1.807) is 0 Å². The van der Waals surface area contributed by atoms with Gasteiger partial charge in [0.25, 0.3) is 0 Å². The molecule has 1 aliphatic heterocycles. The Kier molecular flexibility index (Phi) is 4.78. The Morgan fingerprint density at radius 2 is 2.36 bits per heavy atom. The zero-order valence-corrected chi connectivity index (χ0v) is 9.73. The fourth-order valence-electron chi connectivity index (χ4n) is 1.61. The summed E-state index contributed by atoms with van der Waals surface area (Å²) in [5, 5.41) is 15.7. The summed E-state index contributed by atoms with van der Waals surface area (Å²) in [6, 6.07) is 0.405. The summed E-state index contributed by atoms with van der Waals surface area (Å²) in [5.41, 5.74) is 0. The molecule has 3 N–H and O–H groups in total. The van der Waals surface area contributed by atoms with E-state index in [-0.39, 0.29) is 12.6 Å². The van der Waals surface area contributed by atoms with Gasteiger partial charge in [0.05, 0.1) is 23.7 Å². The maximum atomic E-state index is 9.15. The molecule has 0 aromatic heterocycles. The molecule has 4 heteroatoms. The van der Waals surface area contributed by atoms with Crippen molar-refractivity contribution in [2.45, 2.75) is 38.8 Å². The van der Waals surface area contributed by atoms with Crippen LogP contribution >= 0.6 is 12.2 Å². The lowest BCUT2D eigenvalue weighted by Gasteiger charge is -2.24. The minimum absolute atomic E-state index is 0.0879. The normalized spacial score (nSPS) is 23.9. The number of thiocarbonyl (C=S) groups is 1. The van der Waals surface area contributed by atoms with Crippen molar-refractivity contribution in [2.75, 3.05) is 13.2 Å². The fourth-order valence-corrected chi connectivity index (χ4v) is 1.97. The molecular weight excluding hydrogens is 196 g/mol. The van der Waals surface area contributed by atoms with Gasteiger partial charge in [-0.05, 0) is 25.3 Å². The first-order valence-corrected chi connectivity index (χ1v) is 5.70. The average molecular weight is 216 g/mol. The van der Waals surface area contributed by atoms with Crippen molar-refractivity contribution in [3.8, 4) is 0 Å². The van der Waals surface area contributed by atoms with Gasteiger partial charge in [0, 0.05) is 0 Å². The molecule has 0 spiro atoms. The molecule has 1 heterocycles. The summed E-state index contributed by atoms with van der Waals surface area (Å²) in [6.07, 6.45) is 2.31. The Hall–Kier alpha value is -0.190. The van der Waals surface area contributed by atoms with Crippen molar-refractivity contribution in [3.63, 3.8) is 0 Å². The maximum Gasteiger partial charge on any atom is 0.0928 e. The van der Waals surface area contributed by atoms with E-state index in [9.17, 15) is 0 Å². The highest BCUT2D eigenvalue weighted by molar-refractivity contribution is 7.80. The summed E-state index contributed by atoms with van der Waals surface area (Å²) in [7, 11) is 0. The molecular formula is C10H20N2OS. The Bertz CT molecular complexity index is 191. The van der Waals surface area contributed by atoms with Crippen molar-refractivity contribution in [1.29, 1.82) is 0 Å². The van der Waals surface area contributed by atoms with Crippen LogP contribution in [0.3, 0.4) is 0 Å². The van der Waals surface area contributed by atoms with Crippen LogP contribution in [0.4, 0.5) is 0 Å². The van der Waals surface area contributed by atoms with Gasteiger partial charge in [0.1, 0.15) is 0 Å². The molecule has 1 saturated heterocycles. The highest BCUT2D eigenvalue weighted by Gasteiger charge is 2.21. The molecule has 0 saturated carbocycles. The Morgan fingerprint density at radius 3 is 2.79 bits per heavy atom. The van der Waals surface area contributed by atoms with E-state index in [1.165, 1.54) is 6.42 Å². The monoisotopic (exact) mass is 216 g/mol. The number of rotatable bonds is 4. The first kappa shape index (κ1) is 11.9. The molecule has 1 aliphatic rings. The van der Waals surface area contributed by atoms with Gasteiger partial charge in [0.2, 0.25) is 0 Å². The van der Waals surface area contributed by atoms with E-state index in [1.807, 2.05) is 0 Å². The predicted molar refractivity (Wildman–Crippen MR) is 62.5 cm³/mol. The molecule has 3 nitrogen and oxygen atoms in total.